The highest BCUT2D eigenvalue weighted by Crippen LogP contribution is 2.45. The maximum atomic E-state index is 2.92. The van der Waals surface area contributed by atoms with E-state index in [4.69, 9.17) is 0 Å². The van der Waals surface area contributed by atoms with Crippen LogP contribution in [0.4, 0.5) is 0 Å². The van der Waals surface area contributed by atoms with Crippen LogP contribution in [0.25, 0.3) is 0 Å². The highest BCUT2D eigenvalue weighted by atomic mass is 15.2. The van der Waals surface area contributed by atoms with Gasteiger partial charge in [0.25, 0.3) is 0 Å². The van der Waals surface area contributed by atoms with Crippen LogP contribution >= 0.6 is 0 Å². The Labute approximate surface area is 322 Å². The lowest BCUT2D eigenvalue weighted by Gasteiger charge is -2.44. The third-order valence-electron chi connectivity index (χ3n) is 18.8. The second-order valence-electron chi connectivity index (χ2n) is 21.7. The average molecular weight is 717 g/mol. The predicted molar refractivity (Wildman–Crippen MR) is 218 cm³/mol. The molecule has 4 saturated carbocycles. The molecule has 0 spiro atoms. The highest BCUT2D eigenvalue weighted by Gasteiger charge is 2.37. The van der Waals surface area contributed by atoms with E-state index < -0.39 is 0 Å². The molecule has 0 N–H and O–H groups in total. The second kappa shape index (κ2) is 18.0. The topological polar surface area (TPSA) is 13.0 Å². The van der Waals surface area contributed by atoms with Crippen molar-refractivity contribution in [1.29, 1.82) is 0 Å². The minimum atomic E-state index is 1.00. The number of nitrogens with zero attached hydrogens (tertiary/aromatic N) is 4. The summed E-state index contributed by atoms with van der Waals surface area (Å²) in [6.07, 6.45) is 36.9. The van der Waals surface area contributed by atoms with Crippen LogP contribution < -0.4 is 0 Å². The van der Waals surface area contributed by atoms with Gasteiger partial charge in [-0.3, -0.25) is 0 Å². The summed E-state index contributed by atoms with van der Waals surface area (Å²) in [5.41, 5.74) is 0. The summed E-state index contributed by atoms with van der Waals surface area (Å²) in [6.45, 7) is 17.0. The zero-order valence-electron chi connectivity index (χ0n) is 34.2. The zero-order valence-corrected chi connectivity index (χ0v) is 34.2. The van der Waals surface area contributed by atoms with Crippen molar-refractivity contribution in [2.45, 2.75) is 154 Å². The van der Waals surface area contributed by atoms with Crippen molar-refractivity contribution in [3.05, 3.63) is 0 Å². The number of piperidine rings is 4. The molecule has 26 aliphatic heterocycles. The fourth-order valence-electron chi connectivity index (χ4n) is 15.3. The highest BCUT2D eigenvalue weighted by molar-refractivity contribution is 4.90. The molecule has 0 amide bonds. The Morgan fingerprint density at radius 3 is 0.500 bits per heavy atom. The van der Waals surface area contributed by atoms with Crippen LogP contribution in [0, 0.1) is 71.0 Å². The first-order valence-corrected chi connectivity index (χ1v) is 24.6. The van der Waals surface area contributed by atoms with E-state index in [1.54, 1.807) is 103 Å². The largest absolute Gasteiger partial charge is 0.303 e. The van der Waals surface area contributed by atoms with Crippen LogP contribution in [0.3, 0.4) is 0 Å². The first-order valence-electron chi connectivity index (χ1n) is 24.6. The van der Waals surface area contributed by atoms with Gasteiger partial charge in [0.05, 0.1) is 0 Å². The molecule has 0 aromatic heterocycles. The van der Waals surface area contributed by atoms with Crippen molar-refractivity contribution in [2.24, 2.45) is 71.0 Å². The normalized spacial score (nSPS) is 49.8. The number of hydrogen-bond acceptors (Lipinski definition) is 4. The van der Waals surface area contributed by atoms with Gasteiger partial charge in [-0.1, -0.05) is 0 Å². The summed E-state index contributed by atoms with van der Waals surface area (Å²) < 4.78 is 0. The molecule has 0 unspecified atom stereocenters. The summed E-state index contributed by atoms with van der Waals surface area (Å²) in [4.78, 5) is 11.7. The fraction of sp³-hybridized carbons (Fsp3) is 1.00. The van der Waals surface area contributed by atoms with Crippen molar-refractivity contribution in [2.75, 3.05) is 78.5 Å². The summed E-state index contributed by atoms with van der Waals surface area (Å²) in [5, 5.41) is 0. The van der Waals surface area contributed by atoms with Crippen LogP contribution in [-0.4, -0.2) is 98.1 Å². The lowest BCUT2D eigenvalue weighted by Crippen LogP contribution is -2.44. The summed E-state index contributed by atoms with van der Waals surface area (Å²) in [5.74, 6) is 12.4. The third kappa shape index (κ3) is 9.50. The van der Waals surface area contributed by atoms with E-state index in [1.165, 1.54) is 130 Å². The standard InChI is InChI=1S/C48H84N4/c1-9-41-10-2-37(1)33-49-25-17-45(18-26-49)46-19-27-51(28-20-46)35-39-5-13-43(14-6-39)44-15-7-40(8-16-44)36-52-31-23-48(24-32-52)47-21-29-50(30-22-47)34-38-3-11-42(41)12-4-38/h37-48H,1-36H2. The second-order valence-corrected chi connectivity index (χ2v) is 21.7. The van der Waals surface area contributed by atoms with Crippen molar-refractivity contribution in [1.82, 2.24) is 19.6 Å². The first kappa shape index (κ1) is 37.4. The molecule has 0 aromatic rings. The third-order valence-corrected chi connectivity index (χ3v) is 18.8. The molecule has 30 aliphatic rings. The minimum absolute atomic E-state index is 1.00. The molecule has 4 aliphatic carbocycles. The molecule has 30 rings (SSSR count). The van der Waals surface area contributed by atoms with Crippen LogP contribution in [-0.2, 0) is 0 Å². The SMILES string of the molecule is C1CC2CCC1CN1CCC(CC1)C1CCN(CC1)CC1CCC(CC1)C1CCC(CC1)CN1CCC(CC1)C1CCN(CC1)CC1CCC2CC1. The van der Waals surface area contributed by atoms with Crippen LogP contribution in [0.2, 0.25) is 0 Å². The molecule has 26 saturated heterocycles. The molecule has 26 heterocycles. The Bertz CT molecular complexity index is 782. The number of hydrogen-bond donors (Lipinski definition) is 0. The molecule has 0 atom stereocenters. The lowest BCUT2D eigenvalue weighted by atomic mass is 9.69. The van der Waals surface area contributed by atoms with Crippen LogP contribution in [0.15, 0.2) is 0 Å². The van der Waals surface area contributed by atoms with E-state index >= 15 is 0 Å². The van der Waals surface area contributed by atoms with Gasteiger partial charge in [0.15, 0.2) is 0 Å². The van der Waals surface area contributed by atoms with Gasteiger partial charge in [0.2, 0.25) is 0 Å². The Morgan fingerprint density at radius 2 is 0.327 bits per heavy atom. The quantitative estimate of drug-likeness (QED) is 0.248. The van der Waals surface area contributed by atoms with E-state index in [0.29, 0.717) is 0 Å². The van der Waals surface area contributed by atoms with Crippen molar-refractivity contribution < 1.29 is 0 Å². The maximum Gasteiger partial charge on any atom is 0.000966 e. The van der Waals surface area contributed by atoms with Gasteiger partial charge in [-0.25, -0.2) is 0 Å². The van der Waals surface area contributed by atoms with Crippen molar-refractivity contribution >= 4 is 0 Å². The molecule has 296 valence electrons. The smallest absolute Gasteiger partial charge is 0.000966 e. The number of rotatable bonds is 0. The lowest BCUT2D eigenvalue weighted by molar-refractivity contribution is 0.0589. The van der Waals surface area contributed by atoms with Crippen LogP contribution in [0.1, 0.15) is 154 Å². The molecule has 52 heavy (non-hydrogen) atoms. The fourth-order valence-corrected chi connectivity index (χ4v) is 15.3. The molecule has 4 nitrogen and oxygen atoms in total. The Morgan fingerprint density at radius 1 is 0.173 bits per heavy atom. The Balaban J connectivity index is 0.766. The average Bonchev–Trinajstić information content (AvgIpc) is 3.20. The molecular formula is C48H84N4. The van der Waals surface area contributed by atoms with Gasteiger partial charge in [-0.05, 0) is 277 Å². The van der Waals surface area contributed by atoms with Crippen molar-refractivity contribution in [3.63, 3.8) is 0 Å². The van der Waals surface area contributed by atoms with Gasteiger partial charge >= 0.3 is 0 Å². The molecule has 4 heteroatoms. The zero-order chi connectivity index (χ0) is 34.7. The summed E-state index contributed by atoms with van der Waals surface area (Å²) >= 11 is 0. The summed E-state index contributed by atoms with van der Waals surface area (Å²) in [6, 6.07) is 0. The van der Waals surface area contributed by atoms with Gasteiger partial charge < -0.3 is 19.6 Å². The molecular weight excluding hydrogens is 633 g/mol. The molecule has 16 bridgehead atoms. The predicted octanol–water partition coefficient (Wildman–Crippen LogP) is 10.1. The van der Waals surface area contributed by atoms with Gasteiger partial charge in [-0.15, -0.1) is 0 Å². The van der Waals surface area contributed by atoms with E-state index in [2.05, 4.69) is 19.6 Å². The molecule has 0 aromatic carbocycles. The molecule has 30 fully saturated rings. The Kier molecular flexibility index (Phi) is 12.9. The van der Waals surface area contributed by atoms with E-state index in [-0.39, 0.29) is 0 Å². The van der Waals surface area contributed by atoms with Gasteiger partial charge in [0, 0.05) is 26.2 Å². The minimum Gasteiger partial charge on any atom is -0.303 e. The van der Waals surface area contributed by atoms with E-state index in [1.807, 2.05) is 0 Å². The Hall–Kier alpha value is -0.160. The summed E-state index contributed by atoms with van der Waals surface area (Å²) in [7, 11) is 0. The van der Waals surface area contributed by atoms with Gasteiger partial charge in [-0.2, -0.15) is 0 Å². The van der Waals surface area contributed by atoms with E-state index in [9.17, 15) is 0 Å². The van der Waals surface area contributed by atoms with E-state index in [0.717, 1.165) is 71.0 Å². The molecule has 0 radical (unpaired) electrons. The van der Waals surface area contributed by atoms with Crippen LogP contribution in [0.5, 0.6) is 0 Å². The van der Waals surface area contributed by atoms with Crippen molar-refractivity contribution in [3.8, 4) is 0 Å². The van der Waals surface area contributed by atoms with Gasteiger partial charge in [0.1, 0.15) is 0 Å². The maximum absolute atomic E-state index is 2.92. The monoisotopic (exact) mass is 717 g/mol. The first-order chi connectivity index (χ1) is 25.7.